The molecule has 2 saturated carbocycles. The van der Waals surface area contributed by atoms with E-state index in [-0.39, 0.29) is 0 Å². The molecule has 2 heterocycles. The molecule has 6 nitrogen and oxygen atoms in total. The number of rotatable bonds is 5. The molecule has 0 bridgehead atoms. The summed E-state index contributed by atoms with van der Waals surface area (Å²) in [6.45, 7) is 3.48. The van der Waals surface area contributed by atoms with Gasteiger partial charge in [-0.1, -0.05) is 12.8 Å². The molecule has 6 heteroatoms. The predicted octanol–water partition coefficient (Wildman–Crippen LogP) is 2.10. The molecule has 0 amide bonds. The summed E-state index contributed by atoms with van der Waals surface area (Å²) >= 11 is 0. The summed E-state index contributed by atoms with van der Waals surface area (Å²) in [6.07, 6.45) is 7.94. The Bertz CT molecular complexity index is 557. The van der Waals surface area contributed by atoms with E-state index < -0.39 is 0 Å². The van der Waals surface area contributed by atoms with E-state index >= 15 is 0 Å². The molecule has 3 fully saturated rings. The van der Waals surface area contributed by atoms with Gasteiger partial charge in [-0.05, 0) is 25.7 Å². The second-order valence-electron chi connectivity index (χ2n) is 7.64. The van der Waals surface area contributed by atoms with E-state index in [1.807, 2.05) is 7.11 Å². The third kappa shape index (κ3) is 3.00. The molecule has 24 heavy (non-hydrogen) atoms. The molecule has 4 rings (SSSR count). The summed E-state index contributed by atoms with van der Waals surface area (Å²) in [7, 11) is 3.98. The Morgan fingerprint density at radius 1 is 1.17 bits per heavy atom. The van der Waals surface area contributed by atoms with Crippen molar-refractivity contribution in [3.8, 4) is 0 Å². The van der Waals surface area contributed by atoms with Crippen molar-refractivity contribution in [3.63, 3.8) is 0 Å². The summed E-state index contributed by atoms with van der Waals surface area (Å²) in [5.41, 5.74) is 0. The molecule has 0 radical (unpaired) electrons. The lowest BCUT2D eigenvalue weighted by atomic mass is 9.85. The van der Waals surface area contributed by atoms with Crippen molar-refractivity contribution in [1.29, 1.82) is 0 Å². The first-order chi connectivity index (χ1) is 11.8. The third-order valence-corrected chi connectivity index (χ3v) is 6.39. The van der Waals surface area contributed by atoms with Crippen molar-refractivity contribution >= 4 is 0 Å². The van der Waals surface area contributed by atoms with Gasteiger partial charge in [-0.2, -0.15) is 0 Å². The molecule has 134 valence electrons. The van der Waals surface area contributed by atoms with Gasteiger partial charge in [0.1, 0.15) is 11.6 Å². The maximum Gasteiger partial charge on any atom is 0.146 e. The number of hydrogen-bond acceptors (Lipinski definition) is 5. The van der Waals surface area contributed by atoms with Gasteiger partial charge < -0.3 is 14.0 Å². The highest BCUT2D eigenvalue weighted by atomic mass is 16.5. The normalized spacial score (nSPS) is 32.2. The Hall–Kier alpha value is -0.980. The molecule has 1 aromatic rings. The van der Waals surface area contributed by atoms with E-state index in [1.54, 1.807) is 0 Å². The highest BCUT2D eigenvalue weighted by Crippen LogP contribution is 2.36. The van der Waals surface area contributed by atoms with E-state index in [0.29, 0.717) is 24.0 Å². The van der Waals surface area contributed by atoms with Crippen molar-refractivity contribution in [2.75, 3.05) is 26.9 Å². The fraction of sp³-hybridized carbons (Fsp3) is 0.889. The van der Waals surface area contributed by atoms with Crippen LogP contribution in [0.25, 0.3) is 0 Å². The van der Waals surface area contributed by atoms with Crippen molar-refractivity contribution in [1.82, 2.24) is 19.7 Å². The minimum atomic E-state index is 0.379. The van der Waals surface area contributed by atoms with Gasteiger partial charge in [0.2, 0.25) is 0 Å². The molecule has 0 N–H and O–H groups in total. The molecule has 2 aliphatic carbocycles. The lowest BCUT2D eigenvalue weighted by Crippen LogP contribution is -2.51. The average Bonchev–Trinajstić information content (AvgIpc) is 3.15. The Labute approximate surface area is 144 Å². The van der Waals surface area contributed by atoms with Crippen molar-refractivity contribution in [3.05, 3.63) is 11.6 Å². The Balaban J connectivity index is 1.48. The van der Waals surface area contributed by atoms with Gasteiger partial charge in [-0.3, -0.25) is 4.90 Å². The van der Waals surface area contributed by atoms with Gasteiger partial charge in [0.05, 0.1) is 25.9 Å². The molecule has 1 saturated heterocycles. The largest absolute Gasteiger partial charge is 0.381 e. The average molecular weight is 334 g/mol. The Morgan fingerprint density at radius 3 is 2.75 bits per heavy atom. The van der Waals surface area contributed by atoms with Crippen LogP contribution in [-0.2, 0) is 23.1 Å². The predicted molar refractivity (Wildman–Crippen MR) is 90.8 cm³/mol. The monoisotopic (exact) mass is 334 g/mol. The highest BCUT2D eigenvalue weighted by molar-refractivity contribution is 5.05. The van der Waals surface area contributed by atoms with Crippen LogP contribution in [0.1, 0.15) is 56.1 Å². The first-order valence-electron chi connectivity index (χ1n) is 9.50. The summed E-state index contributed by atoms with van der Waals surface area (Å²) < 4.78 is 13.8. The van der Waals surface area contributed by atoms with Crippen LogP contribution in [0, 0.1) is 5.92 Å². The Morgan fingerprint density at radius 2 is 2.00 bits per heavy atom. The van der Waals surface area contributed by atoms with Gasteiger partial charge >= 0.3 is 0 Å². The van der Waals surface area contributed by atoms with Gasteiger partial charge in [0, 0.05) is 38.6 Å². The smallest absolute Gasteiger partial charge is 0.146 e. The summed E-state index contributed by atoms with van der Waals surface area (Å²) in [6, 6.07) is 0.440. The zero-order valence-electron chi connectivity index (χ0n) is 15.0. The fourth-order valence-corrected chi connectivity index (χ4v) is 4.65. The van der Waals surface area contributed by atoms with E-state index in [2.05, 4.69) is 26.7 Å². The van der Waals surface area contributed by atoms with Crippen molar-refractivity contribution in [2.24, 2.45) is 13.0 Å². The number of nitrogens with zero attached hydrogens (tertiary/aromatic N) is 4. The number of aromatic nitrogens is 3. The summed E-state index contributed by atoms with van der Waals surface area (Å²) in [5, 5.41) is 9.00. The molecule has 3 atom stereocenters. The van der Waals surface area contributed by atoms with Crippen LogP contribution in [0.2, 0.25) is 0 Å². The van der Waals surface area contributed by atoms with E-state index in [1.165, 1.54) is 44.3 Å². The van der Waals surface area contributed by atoms with E-state index in [9.17, 15) is 0 Å². The van der Waals surface area contributed by atoms with Crippen LogP contribution in [0.5, 0.6) is 0 Å². The first-order valence-corrected chi connectivity index (χ1v) is 9.50. The standard InChI is InChI=1S/C18H30N4O2/c1-21-17(19-20-18(21)13-5-3-6-13)11-22-9-10-24-12-15(22)14-7-4-8-16(14)23-2/h13-16H,3-12H2,1-2H3/t14-,15-,16-/m1/s1. The van der Waals surface area contributed by atoms with Gasteiger partial charge in [0.25, 0.3) is 0 Å². The lowest BCUT2D eigenvalue weighted by Gasteiger charge is -2.40. The SMILES string of the molecule is CO[C@@H]1CCC[C@@H]1[C@H]1COCCN1Cc1nnc(C2CCC2)n1C. The molecule has 1 aromatic heterocycles. The summed E-state index contributed by atoms with van der Waals surface area (Å²) in [4.78, 5) is 2.56. The fourth-order valence-electron chi connectivity index (χ4n) is 4.65. The van der Waals surface area contributed by atoms with Crippen LogP contribution >= 0.6 is 0 Å². The zero-order valence-corrected chi connectivity index (χ0v) is 15.0. The number of methoxy groups -OCH3 is 1. The van der Waals surface area contributed by atoms with Gasteiger partial charge in [0.15, 0.2) is 0 Å². The van der Waals surface area contributed by atoms with Gasteiger partial charge in [-0.25, -0.2) is 0 Å². The van der Waals surface area contributed by atoms with Crippen molar-refractivity contribution in [2.45, 2.75) is 63.1 Å². The summed E-state index contributed by atoms with van der Waals surface area (Å²) in [5.74, 6) is 3.48. The first kappa shape index (κ1) is 16.5. The maximum absolute atomic E-state index is 5.82. The molecular formula is C18H30N4O2. The van der Waals surface area contributed by atoms with E-state index in [0.717, 1.165) is 32.1 Å². The molecule has 0 aromatic carbocycles. The van der Waals surface area contributed by atoms with Crippen LogP contribution in [0.15, 0.2) is 0 Å². The third-order valence-electron chi connectivity index (χ3n) is 6.39. The van der Waals surface area contributed by atoms with Crippen LogP contribution in [0.3, 0.4) is 0 Å². The maximum atomic E-state index is 5.82. The van der Waals surface area contributed by atoms with Crippen LogP contribution < -0.4 is 0 Å². The van der Waals surface area contributed by atoms with Crippen LogP contribution in [-0.4, -0.2) is 58.7 Å². The molecule has 1 aliphatic heterocycles. The molecule has 0 unspecified atom stereocenters. The van der Waals surface area contributed by atoms with Gasteiger partial charge in [-0.15, -0.1) is 10.2 Å². The lowest BCUT2D eigenvalue weighted by molar-refractivity contribution is -0.0618. The molecular weight excluding hydrogens is 304 g/mol. The van der Waals surface area contributed by atoms with Crippen LogP contribution in [0.4, 0.5) is 0 Å². The number of hydrogen-bond donors (Lipinski definition) is 0. The highest BCUT2D eigenvalue weighted by Gasteiger charge is 2.39. The quantitative estimate of drug-likeness (QED) is 0.825. The molecule has 3 aliphatic rings. The minimum absolute atomic E-state index is 0.379. The van der Waals surface area contributed by atoms with E-state index in [4.69, 9.17) is 9.47 Å². The number of morpholine rings is 1. The van der Waals surface area contributed by atoms with Crippen molar-refractivity contribution < 1.29 is 9.47 Å². The second kappa shape index (κ2) is 7.10. The minimum Gasteiger partial charge on any atom is -0.381 e. The second-order valence-corrected chi connectivity index (χ2v) is 7.64. The topological polar surface area (TPSA) is 52.4 Å². The Kier molecular flexibility index (Phi) is 4.88. The zero-order chi connectivity index (χ0) is 16.5. The number of ether oxygens (including phenoxy) is 2. The molecule has 0 spiro atoms.